The zero-order valence-corrected chi connectivity index (χ0v) is 17.7. The summed E-state index contributed by atoms with van der Waals surface area (Å²) in [6.45, 7) is 1.06. The molecule has 2 aromatic heterocycles. The summed E-state index contributed by atoms with van der Waals surface area (Å²) in [5, 5.41) is 4.19. The first-order chi connectivity index (χ1) is 14.4. The summed E-state index contributed by atoms with van der Waals surface area (Å²) >= 11 is 0. The molecule has 0 N–H and O–H groups in total. The van der Waals surface area contributed by atoms with Crippen molar-refractivity contribution in [1.29, 1.82) is 0 Å². The van der Waals surface area contributed by atoms with Crippen LogP contribution in [-0.2, 0) is 21.1 Å². The molecule has 3 aromatic rings. The van der Waals surface area contributed by atoms with Gasteiger partial charge in [0.2, 0.25) is 5.91 Å². The number of fused-ring (bicyclic) bond motifs is 1. The predicted molar refractivity (Wildman–Crippen MR) is 109 cm³/mol. The standard InChI is InChI=1S/C20H23N5O4S/c1-29-16-7-3-5-14(9-16)10-18(26)24-8-4-6-15(12-24)19-17(30(2,27)28)11-21-20-22-13-23-25(19)20/h3,5,7,9,11,13,15H,4,6,8,10,12H2,1-2H3/t15-/m1/s1. The minimum atomic E-state index is -3.51. The Morgan fingerprint density at radius 1 is 1.30 bits per heavy atom. The van der Waals surface area contributed by atoms with Gasteiger partial charge >= 0.3 is 0 Å². The molecule has 1 aliphatic heterocycles. The Kier molecular flexibility index (Phi) is 5.42. The van der Waals surface area contributed by atoms with Crippen molar-refractivity contribution in [3.8, 4) is 5.75 Å². The van der Waals surface area contributed by atoms with Crippen LogP contribution in [0.1, 0.15) is 30.0 Å². The van der Waals surface area contributed by atoms with Gasteiger partial charge in [0.15, 0.2) is 9.84 Å². The van der Waals surface area contributed by atoms with E-state index in [0.29, 0.717) is 30.3 Å². The van der Waals surface area contributed by atoms with Crippen LogP contribution in [0.2, 0.25) is 0 Å². The molecule has 30 heavy (non-hydrogen) atoms. The highest BCUT2D eigenvalue weighted by Gasteiger charge is 2.31. The zero-order chi connectivity index (χ0) is 21.3. The van der Waals surface area contributed by atoms with Crippen LogP contribution in [-0.4, -0.2) is 65.3 Å². The fraction of sp³-hybridized carbons (Fsp3) is 0.400. The number of rotatable bonds is 5. The Hall–Kier alpha value is -3.01. The number of ether oxygens (including phenoxy) is 1. The number of hydrogen-bond acceptors (Lipinski definition) is 7. The van der Waals surface area contributed by atoms with Gasteiger partial charge in [0.05, 0.1) is 25.4 Å². The van der Waals surface area contributed by atoms with E-state index >= 15 is 0 Å². The molecule has 0 bridgehead atoms. The van der Waals surface area contributed by atoms with Crippen molar-refractivity contribution < 1.29 is 17.9 Å². The molecule has 1 aromatic carbocycles. The summed E-state index contributed by atoms with van der Waals surface area (Å²) in [5.41, 5.74) is 1.42. The van der Waals surface area contributed by atoms with Gasteiger partial charge in [-0.3, -0.25) is 4.79 Å². The predicted octanol–water partition coefficient (Wildman–Crippen LogP) is 1.49. The van der Waals surface area contributed by atoms with Crippen LogP contribution in [0, 0.1) is 0 Å². The monoisotopic (exact) mass is 429 g/mol. The molecule has 9 nitrogen and oxygen atoms in total. The van der Waals surface area contributed by atoms with Gasteiger partial charge in [0.25, 0.3) is 5.78 Å². The second-order valence-corrected chi connectivity index (χ2v) is 9.44. The normalized spacial score (nSPS) is 17.3. The second kappa shape index (κ2) is 8.02. The van der Waals surface area contributed by atoms with Crippen molar-refractivity contribution in [2.45, 2.75) is 30.1 Å². The molecule has 1 saturated heterocycles. The summed E-state index contributed by atoms with van der Waals surface area (Å²) in [7, 11) is -1.92. The van der Waals surface area contributed by atoms with Gasteiger partial charge in [-0.05, 0) is 30.5 Å². The molecule has 10 heteroatoms. The van der Waals surface area contributed by atoms with Gasteiger partial charge in [0, 0.05) is 25.3 Å². The zero-order valence-electron chi connectivity index (χ0n) is 16.9. The molecular weight excluding hydrogens is 406 g/mol. The van der Waals surface area contributed by atoms with Crippen molar-refractivity contribution in [3.05, 3.63) is 48.0 Å². The first-order valence-electron chi connectivity index (χ1n) is 9.66. The van der Waals surface area contributed by atoms with E-state index in [1.807, 2.05) is 24.3 Å². The van der Waals surface area contributed by atoms with Crippen LogP contribution < -0.4 is 4.74 Å². The van der Waals surface area contributed by atoms with Crippen molar-refractivity contribution >= 4 is 21.5 Å². The fourth-order valence-corrected chi connectivity index (χ4v) is 4.81. The van der Waals surface area contributed by atoms with E-state index in [1.54, 1.807) is 12.0 Å². The number of carbonyl (C=O) groups is 1. The minimum Gasteiger partial charge on any atom is -0.497 e. The maximum Gasteiger partial charge on any atom is 0.252 e. The van der Waals surface area contributed by atoms with E-state index in [0.717, 1.165) is 24.7 Å². The fourth-order valence-electron chi connectivity index (χ4n) is 3.94. The number of likely N-dealkylation sites (tertiary alicyclic amines) is 1. The highest BCUT2D eigenvalue weighted by atomic mass is 32.2. The van der Waals surface area contributed by atoms with Gasteiger partial charge in [-0.2, -0.15) is 14.6 Å². The lowest BCUT2D eigenvalue weighted by molar-refractivity contribution is -0.131. The second-order valence-electron chi connectivity index (χ2n) is 7.46. The van der Waals surface area contributed by atoms with Gasteiger partial charge in [-0.15, -0.1) is 0 Å². The van der Waals surface area contributed by atoms with E-state index in [9.17, 15) is 13.2 Å². The van der Waals surface area contributed by atoms with Crippen molar-refractivity contribution in [1.82, 2.24) is 24.5 Å². The largest absolute Gasteiger partial charge is 0.497 e. The molecule has 4 rings (SSSR count). The lowest BCUT2D eigenvalue weighted by Gasteiger charge is -2.33. The van der Waals surface area contributed by atoms with Gasteiger partial charge in [0.1, 0.15) is 17.0 Å². The Morgan fingerprint density at radius 2 is 2.13 bits per heavy atom. The Balaban J connectivity index is 1.61. The van der Waals surface area contributed by atoms with Crippen molar-refractivity contribution in [3.63, 3.8) is 0 Å². The molecule has 1 fully saturated rings. The lowest BCUT2D eigenvalue weighted by Crippen LogP contribution is -2.40. The van der Waals surface area contributed by atoms with Gasteiger partial charge in [-0.25, -0.2) is 13.4 Å². The number of amides is 1. The van der Waals surface area contributed by atoms with Gasteiger partial charge in [-0.1, -0.05) is 12.1 Å². The highest BCUT2D eigenvalue weighted by Crippen LogP contribution is 2.31. The quantitative estimate of drug-likeness (QED) is 0.605. The molecular formula is C20H23N5O4S. The van der Waals surface area contributed by atoms with Crippen molar-refractivity contribution in [2.24, 2.45) is 0 Å². The van der Waals surface area contributed by atoms with E-state index in [-0.39, 0.29) is 23.1 Å². The average molecular weight is 430 g/mol. The van der Waals surface area contributed by atoms with Crippen LogP contribution >= 0.6 is 0 Å². The molecule has 1 atom stereocenters. The van der Waals surface area contributed by atoms with Crippen molar-refractivity contribution in [2.75, 3.05) is 26.5 Å². The number of aromatic nitrogens is 4. The average Bonchev–Trinajstić information content (AvgIpc) is 3.21. The van der Waals surface area contributed by atoms with E-state index < -0.39 is 9.84 Å². The summed E-state index contributed by atoms with van der Waals surface area (Å²) < 4.78 is 31.5. The molecule has 3 heterocycles. The molecule has 1 aliphatic rings. The number of piperidine rings is 1. The van der Waals surface area contributed by atoms with E-state index in [1.165, 1.54) is 17.0 Å². The smallest absolute Gasteiger partial charge is 0.252 e. The molecule has 0 saturated carbocycles. The summed E-state index contributed by atoms with van der Waals surface area (Å²) in [6, 6.07) is 7.44. The molecule has 1 amide bonds. The third-order valence-electron chi connectivity index (χ3n) is 5.36. The third-order valence-corrected chi connectivity index (χ3v) is 6.47. The number of sulfone groups is 1. The van der Waals surface area contributed by atoms with Crippen LogP contribution in [0.5, 0.6) is 5.75 Å². The summed E-state index contributed by atoms with van der Waals surface area (Å²) in [6.07, 6.45) is 5.64. The number of benzene rings is 1. The molecule has 158 valence electrons. The molecule has 0 unspecified atom stereocenters. The number of methoxy groups -OCH3 is 1. The van der Waals surface area contributed by atoms with Crippen LogP contribution in [0.15, 0.2) is 41.7 Å². The maximum absolute atomic E-state index is 13.0. The van der Waals surface area contributed by atoms with Gasteiger partial charge < -0.3 is 9.64 Å². The first kappa shape index (κ1) is 20.3. The number of nitrogens with zero attached hydrogens (tertiary/aromatic N) is 5. The lowest BCUT2D eigenvalue weighted by atomic mass is 9.94. The highest BCUT2D eigenvalue weighted by molar-refractivity contribution is 7.90. The third kappa shape index (κ3) is 4.00. The van der Waals surface area contributed by atoms with E-state index in [4.69, 9.17) is 4.74 Å². The maximum atomic E-state index is 13.0. The topological polar surface area (TPSA) is 107 Å². The van der Waals surface area contributed by atoms with E-state index in [2.05, 4.69) is 15.1 Å². The Bertz CT molecular complexity index is 1190. The number of carbonyl (C=O) groups excluding carboxylic acids is 1. The molecule has 0 spiro atoms. The Morgan fingerprint density at radius 3 is 2.90 bits per heavy atom. The summed E-state index contributed by atoms with van der Waals surface area (Å²) in [4.78, 5) is 23.1. The minimum absolute atomic E-state index is 0.00208. The van der Waals surface area contributed by atoms with Crippen LogP contribution in [0.3, 0.4) is 0 Å². The Labute approximate surface area is 174 Å². The molecule has 0 radical (unpaired) electrons. The molecule has 0 aliphatic carbocycles. The van der Waals surface area contributed by atoms with Crippen LogP contribution in [0.4, 0.5) is 0 Å². The number of hydrogen-bond donors (Lipinski definition) is 0. The first-order valence-corrected chi connectivity index (χ1v) is 11.6. The van der Waals surface area contributed by atoms with Crippen LogP contribution in [0.25, 0.3) is 5.78 Å². The SMILES string of the molecule is COc1cccc(CC(=O)N2CCC[C@@H](c3c(S(C)(=O)=O)cnc4ncnn34)C2)c1. The summed E-state index contributed by atoms with van der Waals surface area (Å²) in [5.74, 6) is 0.875.